The molecule has 0 atom stereocenters. The van der Waals surface area contributed by atoms with Gasteiger partial charge in [-0.1, -0.05) is 0 Å². The molecular weight excluding hydrogens is 339 g/mol. The second-order valence-corrected chi connectivity index (χ2v) is 4.95. The number of benzene rings is 1. The SMILES string of the molecule is Cn1ncc(Br)c1C(=O)c1cc(C(F)(F)F)ccc1N. The normalized spacial score (nSPS) is 11.7. The summed E-state index contributed by atoms with van der Waals surface area (Å²) < 4.78 is 39.7. The number of nitrogens with zero attached hydrogens (tertiary/aromatic N) is 2. The molecule has 4 nitrogen and oxygen atoms in total. The zero-order chi connectivity index (χ0) is 15.1. The Morgan fingerprint density at radius 1 is 1.40 bits per heavy atom. The molecule has 106 valence electrons. The first-order valence-corrected chi connectivity index (χ1v) is 6.20. The van der Waals surface area contributed by atoms with Crippen LogP contribution in [0.1, 0.15) is 21.6 Å². The third-order valence-corrected chi connectivity index (χ3v) is 3.31. The lowest BCUT2D eigenvalue weighted by molar-refractivity contribution is -0.137. The van der Waals surface area contributed by atoms with Crippen LogP contribution in [0.4, 0.5) is 18.9 Å². The van der Waals surface area contributed by atoms with E-state index in [9.17, 15) is 18.0 Å². The highest BCUT2D eigenvalue weighted by atomic mass is 79.9. The molecule has 1 aromatic heterocycles. The number of ketones is 1. The average Bonchev–Trinajstić information content (AvgIpc) is 2.67. The summed E-state index contributed by atoms with van der Waals surface area (Å²) in [5.41, 5.74) is 4.60. The lowest BCUT2D eigenvalue weighted by atomic mass is 10.0. The summed E-state index contributed by atoms with van der Waals surface area (Å²) in [6, 6.07) is 2.65. The summed E-state index contributed by atoms with van der Waals surface area (Å²) in [4.78, 5) is 12.3. The molecule has 1 aromatic carbocycles. The molecule has 20 heavy (non-hydrogen) atoms. The molecule has 8 heteroatoms. The van der Waals surface area contributed by atoms with Crippen LogP contribution < -0.4 is 5.73 Å². The highest BCUT2D eigenvalue weighted by Gasteiger charge is 2.32. The van der Waals surface area contributed by atoms with Crippen LogP contribution in [0.2, 0.25) is 0 Å². The maximum absolute atomic E-state index is 12.7. The molecular formula is C12H9BrF3N3O. The first kappa shape index (κ1) is 14.6. The molecule has 0 saturated heterocycles. The summed E-state index contributed by atoms with van der Waals surface area (Å²) in [7, 11) is 1.52. The van der Waals surface area contributed by atoms with E-state index in [2.05, 4.69) is 21.0 Å². The topological polar surface area (TPSA) is 60.9 Å². The van der Waals surface area contributed by atoms with Crippen LogP contribution in [-0.2, 0) is 13.2 Å². The second-order valence-electron chi connectivity index (χ2n) is 4.09. The molecule has 2 rings (SSSR count). The van der Waals surface area contributed by atoms with Crippen LogP contribution >= 0.6 is 15.9 Å². The first-order chi connectivity index (χ1) is 9.21. The standard InChI is InChI=1S/C12H9BrF3N3O/c1-19-10(8(13)5-18-19)11(20)7-4-6(12(14,15)16)2-3-9(7)17/h2-5H,17H2,1H3. The van der Waals surface area contributed by atoms with E-state index in [1.807, 2.05) is 0 Å². The van der Waals surface area contributed by atoms with Crippen LogP contribution in [-0.4, -0.2) is 15.6 Å². The van der Waals surface area contributed by atoms with Gasteiger partial charge in [0.15, 0.2) is 0 Å². The lowest BCUT2D eigenvalue weighted by Gasteiger charge is -2.11. The van der Waals surface area contributed by atoms with E-state index < -0.39 is 17.5 Å². The zero-order valence-electron chi connectivity index (χ0n) is 10.2. The fraction of sp³-hybridized carbons (Fsp3) is 0.167. The number of nitrogen functional groups attached to an aromatic ring is 1. The van der Waals surface area contributed by atoms with E-state index in [1.54, 1.807) is 0 Å². The van der Waals surface area contributed by atoms with Crippen molar-refractivity contribution in [1.82, 2.24) is 9.78 Å². The van der Waals surface area contributed by atoms with Gasteiger partial charge in [-0.2, -0.15) is 18.3 Å². The van der Waals surface area contributed by atoms with Crippen LogP contribution in [0.3, 0.4) is 0 Å². The Bertz CT molecular complexity index is 660. The van der Waals surface area contributed by atoms with E-state index in [4.69, 9.17) is 5.73 Å². The summed E-state index contributed by atoms with van der Waals surface area (Å²) in [5.74, 6) is -0.625. The molecule has 0 unspecified atom stereocenters. The number of aryl methyl sites for hydroxylation is 1. The van der Waals surface area contributed by atoms with E-state index >= 15 is 0 Å². The highest BCUT2D eigenvalue weighted by Crippen LogP contribution is 2.32. The molecule has 0 radical (unpaired) electrons. The van der Waals surface area contributed by atoms with Gasteiger partial charge in [0.05, 0.1) is 16.2 Å². The van der Waals surface area contributed by atoms with Gasteiger partial charge >= 0.3 is 6.18 Å². The zero-order valence-corrected chi connectivity index (χ0v) is 11.8. The first-order valence-electron chi connectivity index (χ1n) is 5.40. The van der Waals surface area contributed by atoms with Crippen molar-refractivity contribution < 1.29 is 18.0 Å². The van der Waals surface area contributed by atoms with Crippen molar-refractivity contribution in [1.29, 1.82) is 0 Å². The van der Waals surface area contributed by atoms with Gasteiger partial charge in [0.1, 0.15) is 5.69 Å². The highest BCUT2D eigenvalue weighted by molar-refractivity contribution is 9.10. The minimum atomic E-state index is -4.54. The number of nitrogens with two attached hydrogens (primary N) is 1. The van der Waals surface area contributed by atoms with Crippen LogP contribution in [0.25, 0.3) is 0 Å². The van der Waals surface area contributed by atoms with E-state index in [0.29, 0.717) is 4.47 Å². The summed E-state index contributed by atoms with van der Waals surface area (Å²) >= 11 is 3.13. The van der Waals surface area contributed by atoms with Gasteiger partial charge in [0.2, 0.25) is 5.78 Å². The number of halogens is 4. The largest absolute Gasteiger partial charge is 0.416 e. The van der Waals surface area contributed by atoms with Crippen LogP contribution in [0.15, 0.2) is 28.9 Å². The number of aromatic nitrogens is 2. The monoisotopic (exact) mass is 347 g/mol. The Balaban J connectivity index is 2.55. The fourth-order valence-electron chi connectivity index (χ4n) is 1.72. The maximum atomic E-state index is 12.7. The predicted molar refractivity (Wildman–Crippen MR) is 70.2 cm³/mol. The molecule has 0 spiro atoms. The van der Waals surface area contributed by atoms with Crippen LogP contribution in [0.5, 0.6) is 0 Å². The molecule has 2 aromatic rings. The Kier molecular flexibility index (Phi) is 3.59. The molecule has 0 aliphatic heterocycles. The molecule has 0 fully saturated rings. The number of carbonyl (C=O) groups excluding carboxylic acids is 1. The minimum Gasteiger partial charge on any atom is -0.398 e. The summed E-state index contributed by atoms with van der Waals surface area (Å²) in [6.07, 6.45) is -3.15. The Hall–Kier alpha value is -1.83. The Morgan fingerprint density at radius 3 is 2.55 bits per heavy atom. The molecule has 0 aliphatic carbocycles. The van der Waals surface area contributed by atoms with Gasteiger partial charge in [0.25, 0.3) is 0 Å². The fourth-order valence-corrected chi connectivity index (χ4v) is 2.25. The molecule has 0 aliphatic rings. The van der Waals surface area contributed by atoms with Gasteiger partial charge in [-0.05, 0) is 34.1 Å². The van der Waals surface area contributed by atoms with Crippen molar-refractivity contribution in [2.75, 3.05) is 5.73 Å². The molecule has 0 saturated carbocycles. The molecule has 0 bridgehead atoms. The molecule has 1 heterocycles. The average molecular weight is 348 g/mol. The van der Waals surface area contributed by atoms with E-state index in [0.717, 1.165) is 18.2 Å². The summed E-state index contributed by atoms with van der Waals surface area (Å²) in [5, 5.41) is 3.85. The number of hydrogen-bond acceptors (Lipinski definition) is 3. The van der Waals surface area contributed by atoms with Gasteiger partial charge in [-0.15, -0.1) is 0 Å². The number of anilines is 1. The Labute approximate surface area is 120 Å². The van der Waals surface area contributed by atoms with E-state index in [-0.39, 0.29) is 16.9 Å². The van der Waals surface area contributed by atoms with E-state index in [1.165, 1.54) is 17.9 Å². The van der Waals surface area contributed by atoms with Gasteiger partial charge < -0.3 is 5.73 Å². The number of hydrogen-bond donors (Lipinski definition) is 1. The number of alkyl halides is 3. The summed E-state index contributed by atoms with van der Waals surface area (Å²) in [6.45, 7) is 0. The smallest absolute Gasteiger partial charge is 0.398 e. The van der Waals surface area contributed by atoms with Gasteiger partial charge in [-0.25, -0.2) is 0 Å². The predicted octanol–water partition coefficient (Wildman–Crippen LogP) is 3.01. The maximum Gasteiger partial charge on any atom is 0.416 e. The third kappa shape index (κ3) is 2.55. The Morgan fingerprint density at radius 2 is 2.05 bits per heavy atom. The van der Waals surface area contributed by atoms with Gasteiger partial charge in [0, 0.05) is 18.3 Å². The van der Waals surface area contributed by atoms with Crippen molar-refractivity contribution in [2.24, 2.45) is 7.05 Å². The minimum absolute atomic E-state index is 0.0175. The van der Waals surface area contributed by atoms with Crippen molar-refractivity contribution in [3.05, 3.63) is 45.7 Å². The number of rotatable bonds is 2. The molecule has 0 amide bonds. The van der Waals surface area contributed by atoms with Crippen LogP contribution in [0, 0.1) is 0 Å². The van der Waals surface area contributed by atoms with Gasteiger partial charge in [-0.3, -0.25) is 9.48 Å². The second kappa shape index (κ2) is 4.93. The van der Waals surface area contributed by atoms with Crippen molar-refractivity contribution in [3.63, 3.8) is 0 Å². The lowest BCUT2D eigenvalue weighted by Crippen LogP contribution is -2.13. The van der Waals surface area contributed by atoms with Crippen molar-refractivity contribution in [3.8, 4) is 0 Å². The molecule has 2 N–H and O–H groups in total. The number of carbonyl (C=O) groups is 1. The van der Waals surface area contributed by atoms with Crippen molar-refractivity contribution in [2.45, 2.75) is 6.18 Å². The van der Waals surface area contributed by atoms with Crippen molar-refractivity contribution >= 4 is 27.4 Å². The quantitative estimate of drug-likeness (QED) is 0.670. The third-order valence-electron chi connectivity index (χ3n) is 2.73.